The minimum Gasteiger partial charge on any atom is -0.366 e. The van der Waals surface area contributed by atoms with Gasteiger partial charge in [-0.1, -0.05) is 23.2 Å². The van der Waals surface area contributed by atoms with Crippen molar-refractivity contribution in [2.24, 2.45) is 7.05 Å². The predicted molar refractivity (Wildman–Crippen MR) is 92.3 cm³/mol. The lowest BCUT2D eigenvalue weighted by Gasteiger charge is -2.10. The van der Waals surface area contributed by atoms with Crippen LogP contribution in [0.3, 0.4) is 0 Å². The normalized spacial score (nSPS) is 10.7. The molecule has 0 fully saturated rings. The molecule has 3 rings (SSSR count). The molecule has 124 valence electrons. The van der Waals surface area contributed by atoms with Gasteiger partial charge in [0.2, 0.25) is 5.95 Å². The van der Waals surface area contributed by atoms with E-state index < -0.39 is 5.82 Å². The molecular formula is C15H13Cl2FN6. The van der Waals surface area contributed by atoms with Crippen molar-refractivity contribution >= 4 is 40.7 Å². The Morgan fingerprint density at radius 3 is 2.75 bits per heavy atom. The number of nitrogens with one attached hydrogen (secondary N) is 2. The van der Waals surface area contributed by atoms with E-state index in [0.717, 1.165) is 5.69 Å². The minimum absolute atomic E-state index is 0.0258. The predicted octanol–water partition coefficient (Wildman–Crippen LogP) is 4.01. The maximum Gasteiger partial charge on any atom is 0.229 e. The molecule has 3 aromatic rings. The van der Waals surface area contributed by atoms with E-state index in [0.29, 0.717) is 16.8 Å². The molecule has 1 aromatic carbocycles. The number of hydrogen-bond acceptors (Lipinski definition) is 5. The van der Waals surface area contributed by atoms with Gasteiger partial charge in [-0.15, -0.1) is 0 Å². The van der Waals surface area contributed by atoms with E-state index in [1.807, 2.05) is 7.05 Å². The van der Waals surface area contributed by atoms with Crippen LogP contribution in [0.1, 0.15) is 5.56 Å². The maximum absolute atomic E-state index is 14.0. The van der Waals surface area contributed by atoms with Crippen LogP contribution < -0.4 is 10.6 Å². The van der Waals surface area contributed by atoms with Gasteiger partial charge in [0.1, 0.15) is 11.6 Å². The third-order valence-electron chi connectivity index (χ3n) is 3.20. The van der Waals surface area contributed by atoms with Crippen molar-refractivity contribution in [3.63, 3.8) is 0 Å². The summed E-state index contributed by atoms with van der Waals surface area (Å²) in [6, 6.07) is 4.65. The molecular weight excluding hydrogens is 354 g/mol. The molecule has 2 heterocycles. The highest BCUT2D eigenvalue weighted by molar-refractivity contribution is 6.33. The molecule has 6 nitrogen and oxygen atoms in total. The summed E-state index contributed by atoms with van der Waals surface area (Å²) < 4.78 is 15.7. The number of rotatable bonds is 5. The molecule has 0 aliphatic carbocycles. The van der Waals surface area contributed by atoms with Crippen molar-refractivity contribution < 1.29 is 4.39 Å². The molecule has 0 radical (unpaired) electrons. The number of aromatic nitrogens is 4. The lowest BCUT2D eigenvalue weighted by atomic mass is 10.2. The Morgan fingerprint density at radius 1 is 1.21 bits per heavy atom. The first-order valence-corrected chi connectivity index (χ1v) is 7.73. The number of benzene rings is 1. The van der Waals surface area contributed by atoms with Crippen LogP contribution in [0, 0.1) is 5.82 Å². The van der Waals surface area contributed by atoms with E-state index in [1.54, 1.807) is 35.4 Å². The zero-order chi connectivity index (χ0) is 17.1. The van der Waals surface area contributed by atoms with Crippen molar-refractivity contribution in [1.29, 1.82) is 0 Å². The molecule has 0 unspecified atom stereocenters. The van der Waals surface area contributed by atoms with Crippen LogP contribution in [-0.4, -0.2) is 19.7 Å². The molecule has 0 atom stereocenters. The molecule has 9 heteroatoms. The summed E-state index contributed by atoms with van der Waals surface area (Å²) in [5.41, 5.74) is 1.04. The average Bonchev–Trinajstić information content (AvgIpc) is 2.96. The topological polar surface area (TPSA) is 67.7 Å². The summed E-state index contributed by atoms with van der Waals surface area (Å²) in [5, 5.41) is 10.4. The van der Waals surface area contributed by atoms with Gasteiger partial charge in [-0.25, -0.2) is 9.37 Å². The zero-order valence-corrected chi connectivity index (χ0v) is 14.1. The van der Waals surface area contributed by atoms with Crippen LogP contribution in [-0.2, 0) is 13.6 Å². The van der Waals surface area contributed by atoms with Gasteiger partial charge in [-0.3, -0.25) is 4.68 Å². The molecule has 0 saturated heterocycles. The summed E-state index contributed by atoms with van der Waals surface area (Å²) in [4.78, 5) is 8.43. The minimum atomic E-state index is -0.542. The first-order chi connectivity index (χ1) is 11.5. The highest BCUT2D eigenvalue weighted by Gasteiger charge is 2.11. The average molecular weight is 367 g/mol. The smallest absolute Gasteiger partial charge is 0.229 e. The molecule has 0 saturated carbocycles. The summed E-state index contributed by atoms with van der Waals surface area (Å²) >= 11 is 11.8. The van der Waals surface area contributed by atoms with E-state index >= 15 is 0 Å². The fourth-order valence-electron chi connectivity index (χ4n) is 2.04. The Bertz CT molecular complexity index is 867. The fraction of sp³-hybridized carbons (Fsp3) is 0.133. The first kappa shape index (κ1) is 16.5. The largest absolute Gasteiger partial charge is 0.366 e. The van der Waals surface area contributed by atoms with Crippen molar-refractivity contribution in [3.8, 4) is 0 Å². The standard InChI is InChI=1S/C15H13Cl2FN6/c1-24-8-9(6-21-24)22-15-19-5-4-13(23-15)20-7-10-11(16)2-3-12(17)14(10)18/h2-6,8H,7H2,1H3,(H2,19,20,22,23). The Kier molecular flexibility index (Phi) is 4.82. The number of halogens is 3. The Hall–Kier alpha value is -2.38. The Balaban J connectivity index is 1.72. The lowest BCUT2D eigenvalue weighted by molar-refractivity contribution is 0.613. The Morgan fingerprint density at radius 2 is 2.00 bits per heavy atom. The number of hydrogen-bond donors (Lipinski definition) is 2. The summed E-state index contributed by atoms with van der Waals surface area (Å²) in [5.74, 6) is 0.372. The second-order valence-corrected chi connectivity index (χ2v) is 5.78. The van der Waals surface area contributed by atoms with Crippen LogP contribution in [0.2, 0.25) is 10.0 Å². The van der Waals surface area contributed by atoms with E-state index in [-0.39, 0.29) is 17.1 Å². The highest BCUT2D eigenvalue weighted by Crippen LogP contribution is 2.26. The molecule has 24 heavy (non-hydrogen) atoms. The zero-order valence-electron chi connectivity index (χ0n) is 12.6. The van der Waals surface area contributed by atoms with Crippen LogP contribution in [0.25, 0.3) is 0 Å². The Labute approximate surface area is 147 Å². The fourth-order valence-corrected chi connectivity index (χ4v) is 2.43. The van der Waals surface area contributed by atoms with Gasteiger partial charge in [0.25, 0.3) is 0 Å². The molecule has 0 aliphatic heterocycles. The summed E-state index contributed by atoms with van der Waals surface area (Å²) in [6.45, 7) is 0.147. The van der Waals surface area contributed by atoms with Gasteiger partial charge in [0.05, 0.1) is 16.9 Å². The van der Waals surface area contributed by atoms with E-state index in [4.69, 9.17) is 23.2 Å². The third kappa shape index (κ3) is 3.74. The summed E-state index contributed by atoms with van der Waals surface area (Å²) in [6.07, 6.45) is 5.04. The second-order valence-electron chi connectivity index (χ2n) is 4.97. The van der Waals surface area contributed by atoms with E-state index in [2.05, 4.69) is 25.7 Å². The number of nitrogens with zero attached hydrogens (tertiary/aromatic N) is 4. The van der Waals surface area contributed by atoms with Crippen LogP contribution in [0.5, 0.6) is 0 Å². The molecule has 0 spiro atoms. The SMILES string of the molecule is Cn1cc(Nc2nccc(NCc3c(Cl)ccc(Cl)c3F)n2)cn1. The van der Waals surface area contributed by atoms with Gasteiger partial charge in [0, 0.05) is 36.6 Å². The van der Waals surface area contributed by atoms with Gasteiger partial charge < -0.3 is 10.6 Å². The second kappa shape index (κ2) is 7.02. The molecule has 0 bridgehead atoms. The van der Waals surface area contributed by atoms with Crippen molar-refractivity contribution in [2.45, 2.75) is 6.54 Å². The third-order valence-corrected chi connectivity index (χ3v) is 3.85. The quantitative estimate of drug-likeness (QED) is 0.667. The monoisotopic (exact) mass is 366 g/mol. The van der Waals surface area contributed by atoms with Crippen molar-refractivity contribution in [2.75, 3.05) is 10.6 Å². The van der Waals surface area contributed by atoms with Crippen LogP contribution in [0.4, 0.5) is 21.8 Å². The van der Waals surface area contributed by atoms with E-state index in [9.17, 15) is 4.39 Å². The van der Waals surface area contributed by atoms with Gasteiger partial charge in [-0.05, 0) is 18.2 Å². The number of aryl methyl sites for hydroxylation is 1. The molecule has 2 aromatic heterocycles. The highest BCUT2D eigenvalue weighted by atomic mass is 35.5. The molecule has 0 aliphatic rings. The summed E-state index contributed by atoms with van der Waals surface area (Å²) in [7, 11) is 1.81. The van der Waals surface area contributed by atoms with Crippen molar-refractivity contribution in [3.05, 3.63) is 58.2 Å². The van der Waals surface area contributed by atoms with Crippen molar-refractivity contribution in [1.82, 2.24) is 19.7 Å². The van der Waals surface area contributed by atoms with Gasteiger partial charge in [-0.2, -0.15) is 10.1 Å². The number of anilines is 3. The molecule has 2 N–H and O–H groups in total. The van der Waals surface area contributed by atoms with Gasteiger partial charge >= 0.3 is 0 Å². The lowest BCUT2D eigenvalue weighted by Crippen LogP contribution is -2.06. The van der Waals surface area contributed by atoms with Crippen LogP contribution >= 0.6 is 23.2 Å². The van der Waals surface area contributed by atoms with Crippen LogP contribution in [0.15, 0.2) is 36.8 Å². The van der Waals surface area contributed by atoms with E-state index in [1.165, 1.54) is 6.07 Å². The first-order valence-electron chi connectivity index (χ1n) is 6.98. The molecule has 0 amide bonds. The maximum atomic E-state index is 14.0. The van der Waals surface area contributed by atoms with Gasteiger partial charge in [0.15, 0.2) is 0 Å².